The van der Waals surface area contributed by atoms with E-state index in [2.05, 4.69) is 36.2 Å². The molecule has 1 aromatic heterocycles. The molecular formula is C10H20ClN3S. The van der Waals surface area contributed by atoms with Crippen molar-refractivity contribution in [2.45, 2.75) is 26.3 Å². The van der Waals surface area contributed by atoms with Crippen LogP contribution in [0.4, 0.5) is 0 Å². The van der Waals surface area contributed by atoms with Gasteiger partial charge in [-0.05, 0) is 7.05 Å². The molecule has 0 spiro atoms. The van der Waals surface area contributed by atoms with Gasteiger partial charge in [0, 0.05) is 30.9 Å². The Bertz CT molecular complexity index is 275. The second-order valence-electron chi connectivity index (χ2n) is 3.86. The minimum absolute atomic E-state index is 0. The summed E-state index contributed by atoms with van der Waals surface area (Å²) in [6.45, 7) is 6.88. The first-order valence-electron chi connectivity index (χ1n) is 4.96. The summed E-state index contributed by atoms with van der Waals surface area (Å²) in [6.07, 6.45) is 0. The fourth-order valence-electron chi connectivity index (χ4n) is 1.24. The molecule has 1 aromatic rings. The van der Waals surface area contributed by atoms with Gasteiger partial charge in [0.15, 0.2) is 0 Å². The van der Waals surface area contributed by atoms with Gasteiger partial charge in [0.05, 0.1) is 10.7 Å². The Morgan fingerprint density at radius 1 is 1.53 bits per heavy atom. The Morgan fingerprint density at radius 2 is 2.20 bits per heavy atom. The lowest BCUT2D eigenvalue weighted by atomic mass is 10.2. The van der Waals surface area contributed by atoms with Gasteiger partial charge in [0.2, 0.25) is 0 Å². The van der Waals surface area contributed by atoms with Crippen LogP contribution in [0.1, 0.15) is 30.5 Å². The van der Waals surface area contributed by atoms with Gasteiger partial charge in [-0.3, -0.25) is 4.90 Å². The lowest BCUT2D eigenvalue weighted by molar-refractivity contribution is 0.332. The summed E-state index contributed by atoms with van der Waals surface area (Å²) < 4.78 is 0. The van der Waals surface area contributed by atoms with Crippen molar-refractivity contribution in [3.8, 4) is 0 Å². The molecule has 0 aliphatic rings. The van der Waals surface area contributed by atoms with Crippen molar-refractivity contribution in [2.24, 2.45) is 5.73 Å². The van der Waals surface area contributed by atoms with E-state index in [9.17, 15) is 0 Å². The van der Waals surface area contributed by atoms with Crippen LogP contribution in [0.2, 0.25) is 0 Å². The molecule has 0 saturated carbocycles. The third-order valence-corrected chi connectivity index (χ3v) is 3.20. The number of hydrogen-bond donors (Lipinski definition) is 1. The van der Waals surface area contributed by atoms with Gasteiger partial charge in [-0.15, -0.1) is 23.7 Å². The number of aromatic nitrogens is 1. The molecule has 2 N–H and O–H groups in total. The number of rotatable bonds is 5. The molecule has 3 nitrogen and oxygen atoms in total. The van der Waals surface area contributed by atoms with E-state index in [1.807, 2.05) is 0 Å². The number of nitrogens with two attached hydrogens (primary N) is 1. The van der Waals surface area contributed by atoms with Gasteiger partial charge < -0.3 is 5.73 Å². The van der Waals surface area contributed by atoms with Crippen LogP contribution in [-0.2, 0) is 6.54 Å². The average molecular weight is 250 g/mol. The highest BCUT2D eigenvalue weighted by molar-refractivity contribution is 7.09. The van der Waals surface area contributed by atoms with Gasteiger partial charge in [-0.2, -0.15) is 0 Å². The van der Waals surface area contributed by atoms with E-state index in [4.69, 9.17) is 5.73 Å². The lowest BCUT2D eigenvalue weighted by Crippen LogP contribution is -2.25. The average Bonchev–Trinajstić information content (AvgIpc) is 2.53. The molecule has 0 unspecified atom stereocenters. The summed E-state index contributed by atoms with van der Waals surface area (Å²) in [6, 6.07) is 0. The van der Waals surface area contributed by atoms with Crippen LogP contribution in [0.25, 0.3) is 0 Å². The first kappa shape index (κ1) is 14.8. The molecule has 0 aliphatic carbocycles. The number of hydrogen-bond acceptors (Lipinski definition) is 4. The molecule has 0 saturated heterocycles. The molecule has 0 aromatic carbocycles. The quantitative estimate of drug-likeness (QED) is 0.869. The van der Waals surface area contributed by atoms with E-state index in [-0.39, 0.29) is 12.4 Å². The van der Waals surface area contributed by atoms with Crippen LogP contribution in [0.15, 0.2) is 5.38 Å². The molecular weight excluding hydrogens is 230 g/mol. The SMILES string of the molecule is CC(C)c1nc(CN(C)CCN)cs1.Cl. The summed E-state index contributed by atoms with van der Waals surface area (Å²) in [5, 5.41) is 3.36. The highest BCUT2D eigenvalue weighted by atomic mass is 35.5. The van der Waals surface area contributed by atoms with Crippen LogP contribution < -0.4 is 5.73 Å². The van der Waals surface area contributed by atoms with E-state index in [1.165, 1.54) is 5.01 Å². The van der Waals surface area contributed by atoms with Crippen molar-refractivity contribution in [2.75, 3.05) is 20.1 Å². The molecule has 0 radical (unpaired) electrons. The molecule has 88 valence electrons. The predicted octanol–water partition coefficient (Wildman–Crippen LogP) is 2.08. The number of halogens is 1. The van der Waals surface area contributed by atoms with Gasteiger partial charge in [0.25, 0.3) is 0 Å². The Hall–Kier alpha value is -0.160. The van der Waals surface area contributed by atoms with Crippen molar-refractivity contribution in [1.82, 2.24) is 9.88 Å². The lowest BCUT2D eigenvalue weighted by Gasteiger charge is -2.13. The molecule has 0 aliphatic heterocycles. The fraction of sp³-hybridized carbons (Fsp3) is 0.700. The van der Waals surface area contributed by atoms with Crippen LogP contribution in [0.5, 0.6) is 0 Å². The molecule has 1 rings (SSSR count). The zero-order valence-electron chi connectivity index (χ0n) is 9.56. The normalized spacial score (nSPS) is 10.8. The minimum Gasteiger partial charge on any atom is -0.329 e. The summed E-state index contributed by atoms with van der Waals surface area (Å²) >= 11 is 1.75. The van der Waals surface area contributed by atoms with Crippen LogP contribution in [-0.4, -0.2) is 30.0 Å². The smallest absolute Gasteiger partial charge is 0.0954 e. The number of likely N-dealkylation sites (N-methyl/N-ethyl adjacent to an activating group) is 1. The monoisotopic (exact) mass is 249 g/mol. The largest absolute Gasteiger partial charge is 0.329 e. The van der Waals surface area contributed by atoms with E-state index >= 15 is 0 Å². The summed E-state index contributed by atoms with van der Waals surface area (Å²) in [5.41, 5.74) is 6.64. The molecule has 5 heteroatoms. The van der Waals surface area contributed by atoms with E-state index in [0.717, 1.165) is 18.8 Å². The molecule has 0 bridgehead atoms. The molecule has 0 amide bonds. The number of nitrogens with zero attached hydrogens (tertiary/aromatic N) is 2. The van der Waals surface area contributed by atoms with Crippen molar-refractivity contribution < 1.29 is 0 Å². The van der Waals surface area contributed by atoms with Crippen LogP contribution >= 0.6 is 23.7 Å². The van der Waals surface area contributed by atoms with E-state index < -0.39 is 0 Å². The molecule has 0 atom stereocenters. The molecule has 15 heavy (non-hydrogen) atoms. The zero-order chi connectivity index (χ0) is 10.6. The highest BCUT2D eigenvalue weighted by Crippen LogP contribution is 2.19. The Labute approximate surface area is 102 Å². The van der Waals surface area contributed by atoms with Crippen molar-refractivity contribution >= 4 is 23.7 Å². The maximum Gasteiger partial charge on any atom is 0.0954 e. The topological polar surface area (TPSA) is 42.2 Å². The van der Waals surface area contributed by atoms with Crippen molar-refractivity contribution in [1.29, 1.82) is 0 Å². The number of thiazole rings is 1. The maximum absolute atomic E-state index is 5.48. The zero-order valence-corrected chi connectivity index (χ0v) is 11.2. The van der Waals surface area contributed by atoms with Crippen LogP contribution in [0.3, 0.4) is 0 Å². The molecule has 0 fully saturated rings. The standard InChI is InChI=1S/C10H19N3S.ClH/c1-8(2)10-12-9(7-14-10)6-13(3)5-4-11;/h7-8H,4-6,11H2,1-3H3;1H. The first-order valence-corrected chi connectivity index (χ1v) is 5.84. The highest BCUT2D eigenvalue weighted by Gasteiger charge is 2.07. The first-order chi connectivity index (χ1) is 6.63. The van der Waals surface area contributed by atoms with Gasteiger partial charge in [0.1, 0.15) is 0 Å². The van der Waals surface area contributed by atoms with E-state index in [0.29, 0.717) is 12.5 Å². The maximum atomic E-state index is 5.48. The van der Waals surface area contributed by atoms with E-state index in [1.54, 1.807) is 11.3 Å². The second kappa shape index (κ2) is 7.17. The van der Waals surface area contributed by atoms with Gasteiger partial charge in [-0.25, -0.2) is 4.98 Å². The second-order valence-corrected chi connectivity index (χ2v) is 4.75. The van der Waals surface area contributed by atoms with Gasteiger partial charge in [-0.1, -0.05) is 13.8 Å². The predicted molar refractivity (Wildman–Crippen MR) is 68.8 cm³/mol. The van der Waals surface area contributed by atoms with Crippen molar-refractivity contribution in [3.05, 3.63) is 16.1 Å². The van der Waals surface area contributed by atoms with Crippen molar-refractivity contribution in [3.63, 3.8) is 0 Å². The minimum atomic E-state index is 0. The van der Waals surface area contributed by atoms with Crippen LogP contribution in [0, 0.1) is 0 Å². The Kier molecular flexibility index (Phi) is 7.09. The summed E-state index contributed by atoms with van der Waals surface area (Å²) in [5.74, 6) is 0.536. The van der Waals surface area contributed by atoms with Gasteiger partial charge >= 0.3 is 0 Å². The molecule has 1 heterocycles. The third kappa shape index (κ3) is 4.93. The third-order valence-electron chi connectivity index (χ3n) is 2.01. The summed E-state index contributed by atoms with van der Waals surface area (Å²) in [4.78, 5) is 6.76. The fourth-order valence-corrected chi connectivity index (χ4v) is 2.06. The Balaban J connectivity index is 0.00000196. The Morgan fingerprint density at radius 3 is 2.67 bits per heavy atom. The summed E-state index contributed by atoms with van der Waals surface area (Å²) in [7, 11) is 2.07.